The molecule has 5 nitrogen and oxygen atoms in total. The number of morpholine rings is 1. The third-order valence-corrected chi connectivity index (χ3v) is 3.33. The zero-order valence-electron chi connectivity index (χ0n) is 10.6. The van der Waals surface area contributed by atoms with Gasteiger partial charge in [0.1, 0.15) is 6.10 Å². The van der Waals surface area contributed by atoms with Crippen molar-refractivity contribution < 1.29 is 9.66 Å². The summed E-state index contributed by atoms with van der Waals surface area (Å²) in [5.74, 6) is 0.497. The standard InChI is InChI=1S/C13H18N2O3/c1-9(2)11-8-18-13(7-14-11)10-5-3-4-6-12(10)15(16)17/h3-6,9,11,13-14H,7-8H2,1-2H3/t11-,13?/m1/s1. The highest BCUT2D eigenvalue weighted by Gasteiger charge is 2.28. The molecule has 2 atom stereocenters. The summed E-state index contributed by atoms with van der Waals surface area (Å²) in [6.07, 6.45) is -0.235. The van der Waals surface area contributed by atoms with Crippen molar-refractivity contribution in [3.8, 4) is 0 Å². The second-order valence-electron chi connectivity index (χ2n) is 4.90. The van der Waals surface area contributed by atoms with Crippen LogP contribution in [-0.4, -0.2) is 24.1 Å². The van der Waals surface area contributed by atoms with Gasteiger partial charge in [0.15, 0.2) is 0 Å². The zero-order valence-corrected chi connectivity index (χ0v) is 10.6. The lowest BCUT2D eigenvalue weighted by atomic mass is 10.0. The summed E-state index contributed by atoms with van der Waals surface area (Å²) in [5.41, 5.74) is 0.782. The van der Waals surface area contributed by atoms with Crippen LogP contribution in [0.4, 0.5) is 5.69 Å². The summed E-state index contributed by atoms with van der Waals surface area (Å²) in [4.78, 5) is 10.6. The molecule has 2 rings (SSSR count). The van der Waals surface area contributed by atoms with Crippen LogP contribution in [0.2, 0.25) is 0 Å². The first-order valence-electron chi connectivity index (χ1n) is 6.18. The Balaban J connectivity index is 2.12. The molecule has 1 aliphatic heterocycles. The third-order valence-electron chi connectivity index (χ3n) is 3.33. The van der Waals surface area contributed by atoms with Gasteiger partial charge in [-0.1, -0.05) is 26.0 Å². The highest BCUT2D eigenvalue weighted by molar-refractivity contribution is 5.41. The lowest BCUT2D eigenvalue weighted by molar-refractivity contribution is -0.386. The first-order chi connectivity index (χ1) is 8.59. The van der Waals surface area contributed by atoms with Gasteiger partial charge in [-0.25, -0.2) is 0 Å². The van der Waals surface area contributed by atoms with E-state index < -0.39 is 0 Å². The smallest absolute Gasteiger partial charge is 0.275 e. The summed E-state index contributed by atoms with van der Waals surface area (Å²) < 4.78 is 5.76. The van der Waals surface area contributed by atoms with Crippen molar-refractivity contribution in [2.24, 2.45) is 5.92 Å². The molecule has 0 amide bonds. The second kappa shape index (κ2) is 5.46. The van der Waals surface area contributed by atoms with Gasteiger partial charge in [-0.3, -0.25) is 10.1 Å². The predicted molar refractivity (Wildman–Crippen MR) is 68.4 cm³/mol. The highest BCUT2D eigenvalue weighted by Crippen LogP contribution is 2.29. The van der Waals surface area contributed by atoms with Crippen LogP contribution in [0.5, 0.6) is 0 Å². The van der Waals surface area contributed by atoms with E-state index in [0.29, 0.717) is 30.7 Å². The van der Waals surface area contributed by atoms with E-state index >= 15 is 0 Å². The minimum Gasteiger partial charge on any atom is -0.370 e. The molecule has 1 aromatic carbocycles. The van der Waals surface area contributed by atoms with E-state index in [4.69, 9.17) is 4.74 Å². The monoisotopic (exact) mass is 250 g/mol. The van der Waals surface area contributed by atoms with Crippen molar-refractivity contribution in [3.05, 3.63) is 39.9 Å². The van der Waals surface area contributed by atoms with E-state index in [-0.39, 0.29) is 16.7 Å². The van der Waals surface area contributed by atoms with E-state index in [1.54, 1.807) is 18.2 Å². The number of nitrogens with one attached hydrogen (secondary N) is 1. The highest BCUT2D eigenvalue weighted by atomic mass is 16.6. The average molecular weight is 250 g/mol. The molecule has 1 aromatic rings. The Labute approximate surface area is 106 Å². The summed E-state index contributed by atoms with van der Waals surface area (Å²) >= 11 is 0. The molecule has 1 aliphatic rings. The predicted octanol–water partition coefficient (Wildman–Crippen LogP) is 2.28. The van der Waals surface area contributed by atoms with Crippen molar-refractivity contribution in [1.29, 1.82) is 0 Å². The number of benzene rings is 1. The van der Waals surface area contributed by atoms with Crippen LogP contribution in [0.1, 0.15) is 25.5 Å². The summed E-state index contributed by atoms with van der Waals surface area (Å²) in [6.45, 7) is 5.47. The van der Waals surface area contributed by atoms with Crippen LogP contribution in [0, 0.1) is 16.0 Å². The normalized spacial score (nSPS) is 24.2. The van der Waals surface area contributed by atoms with Crippen LogP contribution >= 0.6 is 0 Å². The van der Waals surface area contributed by atoms with Crippen LogP contribution < -0.4 is 5.32 Å². The Hall–Kier alpha value is -1.46. The topological polar surface area (TPSA) is 64.4 Å². The summed E-state index contributed by atoms with van der Waals surface area (Å²) in [7, 11) is 0. The Morgan fingerprint density at radius 2 is 2.17 bits per heavy atom. The van der Waals surface area contributed by atoms with Gasteiger partial charge >= 0.3 is 0 Å². The fraction of sp³-hybridized carbons (Fsp3) is 0.538. The fourth-order valence-electron chi connectivity index (χ4n) is 2.15. The maximum absolute atomic E-state index is 11.0. The van der Waals surface area contributed by atoms with Gasteiger partial charge in [0, 0.05) is 18.7 Å². The Morgan fingerprint density at radius 3 is 2.72 bits per heavy atom. The Bertz CT molecular complexity index is 426. The Morgan fingerprint density at radius 1 is 1.44 bits per heavy atom. The van der Waals surface area contributed by atoms with E-state index in [2.05, 4.69) is 19.2 Å². The van der Waals surface area contributed by atoms with Crippen molar-refractivity contribution in [1.82, 2.24) is 5.32 Å². The third kappa shape index (κ3) is 2.68. The number of hydrogen-bond donors (Lipinski definition) is 1. The van der Waals surface area contributed by atoms with Crippen molar-refractivity contribution >= 4 is 5.69 Å². The minimum absolute atomic E-state index is 0.132. The second-order valence-corrected chi connectivity index (χ2v) is 4.90. The summed E-state index contributed by atoms with van der Waals surface area (Å²) in [5, 5.41) is 14.4. The molecular weight excluding hydrogens is 232 g/mol. The maximum atomic E-state index is 11.0. The fourth-order valence-corrected chi connectivity index (χ4v) is 2.15. The maximum Gasteiger partial charge on any atom is 0.275 e. The van der Waals surface area contributed by atoms with Gasteiger partial charge in [0.2, 0.25) is 0 Å². The molecule has 0 aromatic heterocycles. The van der Waals surface area contributed by atoms with Crippen molar-refractivity contribution in [2.75, 3.05) is 13.2 Å². The van der Waals surface area contributed by atoms with Gasteiger partial charge in [-0.15, -0.1) is 0 Å². The quantitative estimate of drug-likeness (QED) is 0.660. The van der Waals surface area contributed by atoms with E-state index in [0.717, 1.165) is 0 Å². The van der Waals surface area contributed by atoms with Crippen LogP contribution in [-0.2, 0) is 4.74 Å². The molecule has 1 fully saturated rings. The molecule has 0 saturated carbocycles. The number of para-hydroxylation sites is 1. The van der Waals surface area contributed by atoms with Gasteiger partial charge in [-0.2, -0.15) is 0 Å². The molecule has 1 saturated heterocycles. The molecule has 0 aliphatic carbocycles. The number of nitrogens with zero attached hydrogens (tertiary/aromatic N) is 1. The van der Waals surface area contributed by atoms with Gasteiger partial charge in [-0.05, 0) is 12.0 Å². The lowest BCUT2D eigenvalue weighted by Crippen LogP contribution is -2.45. The van der Waals surface area contributed by atoms with Gasteiger partial charge < -0.3 is 10.1 Å². The molecule has 98 valence electrons. The lowest BCUT2D eigenvalue weighted by Gasteiger charge is -2.32. The molecule has 0 radical (unpaired) electrons. The molecule has 0 bridgehead atoms. The molecule has 1 N–H and O–H groups in total. The van der Waals surface area contributed by atoms with Crippen molar-refractivity contribution in [2.45, 2.75) is 26.0 Å². The van der Waals surface area contributed by atoms with Crippen LogP contribution in [0.25, 0.3) is 0 Å². The van der Waals surface area contributed by atoms with E-state index in [1.807, 2.05) is 0 Å². The minimum atomic E-state index is -0.354. The molecule has 1 unspecified atom stereocenters. The van der Waals surface area contributed by atoms with Gasteiger partial charge in [0.05, 0.1) is 17.1 Å². The van der Waals surface area contributed by atoms with E-state index in [1.165, 1.54) is 6.07 Å². The number of hydrogen-bond acceptors (Lipinski definition) is 4. The number of rotatable bonds is 3. The van der Waals surface area contributed by atoms with Crippen LogP contribution in [0.15, 0.2) is 24.3 Å². The van der Waals surface area contributed by atoms with Crippen molar-refractivity contribution in [3.63, 3.8) is 0 Å². The number of nitro benzene ring substituents is 1. The molecule has 5 heteroatoms. The SMILES string of the molecule is CC(C)[C@H]1COC(c2ccccc2[N+](=O)[O-])CN1. The van der Waals surface area contributed by atoms with E-state index in [9.17, 15) is 10.1 Å². The van der Waals surface area contributed by atoms with Gasteiger partial charge in [0.25, 0.3) is 5.69 Å². The van der Waals surface area contributed by atoms with Crippen LogP contribution in [0.3, 0.4) is 0 Å². The average Bonchev–Trinajstić information content (AvgIpc) is 2.39. The zero-order chi connectivity index (χ0) is 13.1. The largest absolute Gasteiger partial charge is 0.370 e. The number of nitro groups is 1. The molecule has 18 heavy (non-hydrogen) atoms. The Kier molecular flexibility index (Phi) is 3.93. The summed E-state index contributed by atoms with van der Waals surface area (Å²) in [6, 6.07) is 7.09. The molecule has 1 heterocycles. The number of ether oxygens (including phenoxy) is 1. The molecule has 0 spiro atoms. The first-order valence-corrected chi connectivity index (χ1v) is 6.18. The first kappa shape index (κ1) is 13.0. The molecular formula is C13H18N2O3.